The largest absolute Gasteiger partial charge is 0.493 e. The molecule has 0 saturated heterocycles. The first-order valence-electron chi connectivity index (χ1n) is 7.07. The van der Waals surface area contributed by atoms with Crippen LogP contribution in [0.3, 0.4) is 0 Å². The molecule has 2 N–H and O–H groups in total. The van der Waals surface area contributed by atoms with Crippen molar-refractivity contribution in [1.82, 2.24) is 5.32 Å². The van der Waals surface area contributed by atoms with E-state index in [2.05, 4.69) is 10.1 Å². The van der Waals surface area contributed by atoms with Gasteiger partial charge in [0, 0.05) is 18.5 Å². The minimum absolute atomic E-state index is 0.0411. The first-order valence-corrected chi connectivity index (χ1v) is 7.07. The summed E-state index contributed by atoms with van der Waals surface area (Å²) in [6, 6.07) is 3.92. The molecule has 0 saturated carbocycles. The number of nitrogens with one attached hydrogen (secondary N) is 1. The SMILES string of the molecule is COc1cc(C(=O)NCCCCCC(=O)O)ccc1OC(F)F. The number of amides is 1. The smallest absolute Gasteiger partial charge is 0.387 e. The maximum absolute atomic E-state index is 12.2. The molecule has 0 bridgehead atoms. The van der Waals surface area contributed by atoms with Gasteiger partial charge in [0.05, 0.1) is 7.11 Å². The lowest BCUT2D eigenvalue weighted by Crippen LogP contribution is -2.24. The normalized spacial score (nSPS) is 10.4. The van der Waals surface area contributed by atoms with Crippen LogP contribution in [0.15, 0.2) is 18.2 Å². The molecule has 1 rings (SSSR count). The Bertz CT molecular complexity index is 537. The summed E-state index contributed by atoms with van der Waals surface area (Å²) in [5.74, 6) is -1.32. The Labute approximate surface area is 132 Å². The van der Waals surface area contributed by atoms with Crippen LogP contribution in [0, 0.1) is 0 Å². The van der Waals surface area contributed by atoms with Crippen LogP contribution in [-0.4, -0.2) is 37.2 Å². The fraction of sp³-hybridized carbons (Fsp3) is 0.467. The Morgan fingerprint density at radius 2 is 1.96 bits per heavy atom. The van der Waals surface area contributed by atoms with Gasteiger partial charge in [-0.3, -0.25) is 9.59 Å². The molecule has 23 heavy (non-hydrogen) atoms. The Balaban J connectivity index is 2.48. The summed E-state index contributed by atoms with van der Waals surface area (Å²) in [5.41, 5.74) is 0.258. The molecule has 6 nitrogen and oxygen atoms in total. The van der Waals surface area contributed by atoms with E-state index in [-0.39, 0.29) is 29.4 Å². The van der Waals surface area contributed by atoms with Gasteiger partial charge in [-0.15, -0.1) is 0 Å². The molecule has 0 unspecified atom stereocenters. The van der Waals surface area contributed by atoms with E-state index in [1.54, 1.807) is 0 Å². The zero-order valence-corrected chi connectivity index (χ0v) is 12.7. The zero-order chi connectivity index (χ0) is 17.2. The molecule has 1 aromatic rings. The van der Waals surface area contributed by atoms with E-state index in [0.717, 1.165) is 0 Å². The quantitative estimate of drug-likeness (QED) is 0.644. The zero-order valence-electron chi connectivity index (χ0n) is 12.7. The number of rotatable bonds is 10. The van der Waals surface area contributed by atoms with Crippen LogP contribution in [0.25, 0.3) is 0 Å². The van der Waals surface area contributed by atoms with Crippen molar-refractivity contribution >= 4 is 11.9 Å². The van der Waals surface area contributed by atoms with E-state index in [9.17, 15) is 18.4 Å². The molecule has 0 aliphatic carbocycles. The van der Waals surface area contributed by atoms with E-state index < -0.39 is 12.6 Å². The van der Waals surface area contributed by atoms with Gasteiger partial charge in [0.2, 0.25) is 0 Å². The highest BCUT2D eigenvalue weighted by Gasteiger charge is 2.13. The number of aliphatic carboxylic acids is 1. The van der Waals surface area contributed by atoms with Gasteiger partial charge in [0.1, 0.15) is 0 Å². The monoisotopic (exact) mass is 331 g/mol. The lowest BCUT2D eigenvalue weighted by atomic mass is 10.1. The van der Waals surface area contributed by atoms with Gasteiger partial charge in [-0.25, -0.2) is 0 Å². The first-order chi connectivity index (χ1) is 10.9. The third-order valence-corrected chi connectivity index (χ3v) is 2.99. The molecule has 0 radical (unpaired) electrons. The number of alkyl halides is 2. The molecular formula is C15H19F2NO5. The molecular weight excluding hydrogens is 312 g/mol. The third kappa shape index (κ3) is 6.94. The lowest BCUT2D eigenvalue weighted by molar-refractivity contribution is -0.137. The van der Waals surface area contributed by atoms with E-state index in [0.29, 0.717) is 25.8 Å². The predicted molar refractivity (Wildman–Crippen MR) is 78.1 cm³/mol. The molecule has 8 heteroatoms. The molecule has 1 aromatic carbocycles. The van der Waals surface area contributed by atoms with Crippen LogP contribution < -0.4 is 14.8 Å². The van der Waals surface area contributed by atoms with Gasteiger partial charge in [-0.2, -0.15) is 8.78 Å². The average Bonchev–Trinajstić information content (AvgIpc) is 2.50. The third-order valence-electron chi connectivity index (χ3n) is 2.99. The van der Waals surface area contributed by atoms with Crippen molar-refractivity contribution in [3.63, 3.8) is 0 Å². The van der Waals surface area contributed by atoms with Gasteiger partial charge >= 0.3 is 12.6 Å². The maximum Gasteiger partial charge on any atom is 0.387 e. The van der Waals surface area contributed by atoms with Crippen molar-refractivity contribution in [3.8, 4) is 11.5 Å². The molecule has 0 fully saturated rings. The molecule has 0 aliphatic rings. The molecule has 0 heterocycles. The van der Waals surface area contributed by atoms with E-state index in [1.165, 1.54) is 25.3 Å². The molecule has 0 atom stereocenters. The topological polar surface area (TPSA) is 84.9 Å². The summed E-state index contributed by atoms with van der Waals surface area (Å²) in [6.07, 6.45) is 2.01. The van der Waals surface area contributed by atoms with Crippen LogP contribution in [-0.2, 0) is 4.79 Å². The number of carbonyl (C=O) groups is 2. The summed E-state index contributed by atoms with van der Waals surface area (Å²) < 4.78 is 33.6. The minimum atomic E-state index is -2.98. The Kier molecular flexibility index (Phi) is 7.79. The van der Waals surface area contributed by atoms with Crippen LogP contribution in [0.1, 0.15) is 36.0 Å². The number of hydrogen-bond donors (Lipinski definition) is 2. The highest BCUT2D eigenvalue weighted by Crippen LogP contribution is 2.29. The van der Waals surface area contributed by atoms with Crippen molar-refractivity contribution in [1.29, 1.82) is 0 Å². The lowest BCUT2D eigenvalue weighted by Gasteiger charge is -2.11. The number of halogens is 2. The maximum atomic E-state index is 12.2. The van der Waals surface area contributed by atoms with E-state index >= 15 is 0 Å². The second-order valence-corrected chi connectivity index (χ2v) is 4.70. The predicted octanol–water partition coefficient (Wildman–Crippen LogP) is 2.67. The number of ether oxygens (including phenoxy) is 2. The number of carboxylic acids is 1. The Hall–Kier alpha value is -2.38. The van der Waals surface area contributed by atoms with Gasteiger partial charge < -0.3 is 19.9 Å². The van der Waals surface area contributed by atoms with Gasteiger partial charge in [0.15, 0.2) is 11.5 Å². The fourth-order valence-corrected chi connectivity index (χ4v) is 1.88. The summed E-state index contributed by atoms with van der Waals surface area (Å²) in [4.78, 5) is 22.3. The van der Waals surface area contributed by atoms with Gasteiger partial charge in [0.25, 0.3) is 5.91 Å². The molecule has 1 amide bonds. The molecule has 128 valence electrons. The first kappa shape index (κ1) is 18.7. The van der Waals surface area contributed by atoms with Gasteiger partial charge in [-0.05, 0) is 31.0 Å². The number of methoxy groups -OCH3 is 1. The highest BCUT2D eigenvalue weighted by atomic mass is 19.3. The molecule has 0 spiro atoms. The van der Waals surface area contributed by atoms with Crippen LogP contribution in [0.5, 0.6) is 11.5 Å². The highest BCUT2D eigenvalue weighted by molar-refractivity contribution is 5.94. The standard InChI is InChI=1S/C15H19F2NO5/c1-22-12-9-10(6-7-11(12)23-15(16)17)14(21)18-8-4-2-3-5-13(19)20/h6-7,9,15H,2-5,8H2,1H3,(H,18,21)(H,19,20). The van der Waals surface area contributed by atoms with E-state index in [4.69, 9.17) is 9.84 Å². The Morgan fingerprint density at radius 3 is 2.57 bits per heavy atom. The summed E-state index contributed by atoms with van der Waals surface area (Å²) in [5, 5.41) is 11.2. The van der Waals surface area contributed by atoms with Crippen molar-refractivity contribution in [3.05, 3.63) is 23.8 Å². The number of benzene rings is 1. The minimum Gasteiger partial charge on any atom is -0.493 e. The van der Waals surface area contributed by atoms with E-state index in [1.807, 2.05) is 0 Å². The van der Waals surface area contributed by atoms with Crippen molar-refractivity contribution in [2.75, 3.05) is 13.7 Å². The number of unbranched alkanes of at least 4 members (excludes halogenated alkanes) is 2. The van der Waals surface area contributed by atoms with Gasteiger partial charge in [-0.1, -0.05) is 6.42 Å². The molecule has 0 aliphatic heterocycles. The van der Waals surface area contributed by atoms with Crippen molar-refractivity contribution in [2.45, 2.75) is 32.3 Å². The van der Waals surface area contributed by atoms with Crippen molar-refractivity contribution in [2.24, 2.45) is 0 Å². The second kappa shape index (κ2) is 9.60. The second-order valence-electron chi connectivity index (χ2n) is 4.70. The average molecular weight is 331 g/mol. The van der Waals surface area contributed by atoms with Crippen LogP contribution in [0.4, 0.5) is 8.78 Å². The fourth-order valence-electron chi connectivity index (χ4n) is 1.88. The summed E-state index contributed by atoms with van der Waals surface area (Å²) in [7, 11) is 1.29. The number of carbonyl (C=O) groups excluding carboxylic acids is 1. The molecule has 0 aromatic heterocycles. The van der Waals surface area contributed by atoms with Crippen LogP contribution in [0.2, 0.25) is 0 Å². The van der Waals surface area contributed by atoms with Crippen molar-refractivity contribution < 1.29 is 33.0 Å². The Morgan fingerprint density at radius 1 is 1.22 bits per heavy atom. The summed E-state index contributed by atoms with van der Waals surface area (Å²) >= 11 is 0. The number of carboxylic acid groups (broad SMARTS) is 1. The van der Waals surface area contributed by atoms with Crippen LogP contribution >= 0.6 is 0 Å². The summed E-state index contributed by atoms with van der Waals surface area (Å²) in [6.45, 7) is -2.58. The number of hydrogen-bond acceptors (Lipinski definition) is 4.